The topological polar surface area (TPSA) is 29.3 Å². The summed E-state index contributed by atoms with van der Waals surface area (Å²) in [5.74, 6) is 0. The van der Waals surface area contributed by atoms with Crippen LogP contribution in [0.1, 0.15) is 37.3 Å². The monoisotopic (exact) mass is 218 g/mol. The molecule has 0 amide bonds. The van der Waals surface area contributed by atoms with E-state index >= 15 is 0 Å². The van der Waals surface area contributed by atoms with Gasteiger partial charge in [-0.2, -0.15) is 0 Å². The number of unbranched alkanes of at least 4 members (excludes halogenated alkanes) is 2. The largest absolute Gasteiger partial charge is 0.398 e. The van der Waals surface area contributed by atoms with Gasteiger partial charge in [-0.15, -0.1) is 0 Å². The van der Waals surface area contributed by atoms with E-state index in [4.69, 9.17) is 5.73 Å². The van der Waals surface area contributed by atoms with Crippen molar-refractivity contribution < 1.29 is 0 Å². The van der Waals surface area contributed by atoms with Crippen LogP contribution in [-0.2, 0) is 13.0 Å². The molecule has 0 aliphatic carbocycles. The molecular weight excluding hydrogens is 196 g/mol. The summed E-state index contributed by atoms with van der Waals surface area (Å²) in [5.41, 5.74) is 9.78. The molecule has 0 aromatic heterocycles. The van der Waals surface area contributed by atoms with Gasteiger partial charge in [0.25, 0.3) is 0 Å². The molecule has 1 aliphatic heterocycles. The summed E-state index contributed by atoms with van der Waals surface area (Å²) in [6.45, 7) is 5.75. The third-order valence-electron chi connectivity index (χ3n) is 3.46. The lowest BCUT2D eigenvalue weighted by atomic mass is 9.98. The van der Waals surface area contributed by atoms with Crippen molar-refractivity contribution in [1.82, 2.24) is 4.90 Å². The summed E-state index contributed by atoms with van der Waals surface area (Å²) in [5, 5.41) is 0. The van der Waals surface area contributed by atoms with E-state index in [0.29, 0.717) is 0 Å². The van der Waals surface area contributed by atoms with Crippen LogP contribution in [0.25, 0.3) is 0 Å². The van der Waals surface area contributed by atoms with Gasteiger partial charge in [0.05, 0.1) is 0 Å². The Morgan fingerprint density at radius 3 is 3.00 bits per heavy atom. The van der Waals surface area contributed by atoms with E-state index in [-0.39, 0.29) is 0 Å². The van der Waals surface area contributed by atoms with Crippen LogP contribution in [0.4, 0.5) is 5.69 Å². The second-order valence-corrected chi connectivity index (χ2v) is 4.72. The molecule has 0 atom stereocenters. The van der Waals surface area contributed by atoms with Crippen LogP contribution in [-0.4, -0.2) is 18.0 Å². The van der Waals surface area contributed by atoms with E-state index in [1.807, 2.05) is 6.07 Å². The summed E-state index contributed by atoms with van der Waals surface area (Å²) in [6.07, 6.45) is 5.10. The lowest BCUT2D eigenvalue weighted by Gasteiger charge is -2.29. The molecule has 0 saturated carbocycles. The number of hydrogen-bond donors (Lipinski definition) is 1. The minimum atomic E-state index is 0.978. The summed E-state index contributed by atoms with van der Waals surface area (Å²) >= 11 is 0. The number of anilines is 1. The van der Waals surface area contributed by atoms with Gasteiger partial charge in [0.1, 0.15) is 0 Å². The number of nitrogens with zero attached hydrogens (tertiary/aromatic N) is 1. The van der Waals surface area contributed by atoms with Gasteiger partial charge in [-0.05, 0) is 36.6 Å². The average Bonchev–Trinajstić information content (AvgIpc) is 2.30. The Labute approximate surface area is 98.4 Å². The van der Waals surface area contributed by atoms with Gasteiger partial charge in [0.15, 0.2) is 0 Å². The van der Waals surface area contributed by atoms with Crippen molar-refractivity contribution in [2.24, 2.45) is 0 Å². The van der Waals surface area contributed by atoms with Gasteiger partial charge in [0.2, 0.25) is 0 Å². The Hall–Kier alpha value is -1.02. The Morgan fingerprint density at radius 2 is 2.19 bits per heavy atom. The zero-order valence-corrected chi connectivity index (χ0v) is 10.2. The predicted molar refractivity (Wildman–Crippen MR) is 69.4 cm³/mol. The number of nitrogens with two attached hydrogens (primary N) is 1. The second kappa shape index (κ2) is 5.35. The molecule has 1 aliphatic rings. The van der Waals surface area contributed by atoms with Crippen LogP contribution in [0.2, 0.25) is 0 Å². The third kappa shape index (κ3) is 2.56. The molecule has 2 N–H and O–H groups in total. The highest BCUT2D eigenvalue weighted by Gasteiger charge is 2.16. The van der Waals surface area contributed by atoms with Gasteiger partial charge >= 0.3 is 0 Å². The highest BCUT2D eigenvalue weighted by atomic mass is 15.1. The van der Waals surface area contributed by atoms with E-state index in [9.17, 15) is 0 Å². The van der Waals surface area contributed by atoms with E-state index in [2.05, 4.69) is 24.0 Å². The lowest BCUT2D eigenvalue weighted by Crippen LogP contribution is -2.31. The Bertz CT molecular complexity index is 347. The van der Waals surface area contributed by atoms with E-state index < -0.39 is 0 Å². The standard InChI is InChI=1S/C14H22N2/c1-2-3-4-9-16-10-8-13-12(11-16)6-5-7-14(13)15/h5-7H,2-4,8-11,15H2,1H3. The van der Waals surface area contributed by atoms with Gasteiger partial charge in [0, 0.05) is 18.8 Å². The highest BCUT2D eigenvalue weighted by Crippen LogP contribution is 2.24. The average molecular weight is 218 g/mol. The predicted octanol–water partition coefficient (Wildman–Crippen LogP) is 2.82. The molecular formula is C14H22N2. The fourth-order valence-corrected chi connectivity index (χ4v) is 2.47. The molecule has 0 radical (unpaired) electrons. The third-order valence-corrected chi connectivity index (χ3v) is 3.46. The van der Waals surface area contributed by atoms with Crippen LogP contribution >= 0.6 is 0 Å². The maximum atomic E-state index is 5.99. The minimum absolute atomic E-state index is 0.978. The molecule has 1 aromatic rings. The van der Waals surface area contributed by atoms with Crippen molar-refractivity contribution in [2.75, 3.05) is 18.8 Å². The first-order valence-electron chi connectivity index (χ1n) is 6.40. The van der Waals surface area contributed by atoms with Crippen LogP contribution < -0.4 is 5.73 Å². The van der Waals surface area contributed by atoms with Crippen LogP contribution in [0.5, 0.6) is 0 Å². The first-order valence-corrected chi connectivity index (χ1v) is 6.40. The number of benzene rings is 1. The molecule has 16 heavy (non-hydrogen) atoms. The van der Waals surface area contributed by atoms with E-state index in [0.717, 1.165) is 18.7 Å². The van der Waals surface area contributed by atoms with Crippen molar-refractivity contribution in [3.63, 3.8) is 0 Å². The first kappa shape index (κ1) is 11.5. The number of nitrogen functional groups attached to an aromatic ring is 1. The van der Waals surface area contributed by atoms with Crippen molar-refractivity contribution in [3.8, 4) is 0 Å². The molecule has 0 spiro atoms. The molecule has 2 nitrogen and oxygen atoms in total. The molecule has 2 heteroatoms. The zero-order chi connectivity index (χ0) is 11.4. The van der Waals surface area contributed by atoms with Crippen LogP contribution in [0, 0.1) is 0 Å². The Kier molecular flexibility index (Phi) is 3.83. The minimum Gasteiger partial charge on any atom is -0.398 e. The van der Waals surface area contributed by atoms with Gasteiger partial charge in [-0.3, -0.25) is 4.90 Å². The molecule has 0 unspecified atom stereocenters. The SMILES string of the molecule is CCCCCN1CCc2c(N)cccc2C1. The number of fused-ring (bicyclic) bond motifs is 1. The number of rotatable bonds is 4. The number of hydrogen-bond acceptors (Lipinski definition) is 2. The fraction of sp³-hybridized carbons (Fsp3) is 0.571. The van der Waals surface area contributed by atoms with E-state index in [1.54, 1.807) is 0 Å². The van der Waals surface area contributed by atoms with Crippen LogP contribution in [0.3, 0.4) is 0 Å². The van der Waals surface area contributed by atoms with Crippen molar-refractivity contribution >= 4 is 5.69 Å². The molecule has 1 heterocycles. The molecule has 88 valence electrons. The second-order valence-electron chi connectivity index (χ2n) is 4.72. The van der Waals surface area contributed by atoms with Crippen LogP contribution in [0.15, 0.2) is 18.2 Å². The summed E-state index contributed by atoms with van der Waals surface area (Å²) in [7, 11) is 0. The smallest absolute Gasteiger partial charge is 0.0350 e. The van der Waals surface area contributed by atoms with Gasteiger partial charge in [-0.25, -0.2) is 0 Å². The van der Waals surface area contributed by atoms with Gasteiger partial charge < -0.3 is 5.73 Å². The maximum absolute atomic E-state index is 5.99. The Morgan fingerprint density at radius 1 is 1.31 bits per heavy atom. The van der Waals surface area contributed by atoms with Gasteiger partial charge in [-0.1, -0.05) is 31.9 Å². The highest BCUT2D eigenvalue weighted by molar-refractivity contribution is 5.51. The first-order chi connectivity index (χ1) is 7.81. The fourth-order valence-electron chi connectivity index (χ4n) is 2.47. The molecule has 0 saturated heterocycles. The molecule has 0 bridgehead atoms. The molecule has 0 fully saturated rings. The molecule has 1 aromatic carbocycles. The Balaban J connectivity index is 1.96. The maximum Gasteiger partial charge on any atom is 0.0350 e. The lowest BCUT2D eigenvalue weighted by molar-refractivity contribution is 0.249. The van der Waals surface area contributed by atoms with Crippen molar-refractivity contribution in [1.29, 1.82) is 0 Å². The quantitative estimate of drug-likeness (QED) is 0.622. The summed E-state index contributed by atoms with van der Waals surface area (Å²) < 4.78 is 0. The summed E-state index contributed by atoms with van der Waals surface area (Å²) in [6, 6.07) is 6.31. The normalized spacial score (nSPS) is 16.1. The van der Waals surface area contributed by atoms with Crippen molar-refractivity contribution in [3.05, 3.63) is 29.3 Å². The van der Waals surface area contributed by atoms with E-state index in [1.165, 1.54) is 43.5 Å². The van der Waals surface area contributed by atoms with Crippen molar-refractivity contribution in [2.45, 2.75) is 39.2 Å². The molecule has 2 rings (SSSR count). The zero-order valence-electron chi connectivity index (χ0n) is 10.2. The summed E-state index contributed by atoms with van der Waals surface area (Å²) in [4.78, 5) is 2.55.